The van der Waals surface area contributed by atoms with Crippen LogP contribution < -0.4 is 0 Å². The van der Waals surface area contributed by atoms with Gasteiger partial charge in [0.05, 0.1) is 0 Å². The van der Waals surface area contributed by atoms with Gasteiger partial charge in [0.1, 0.15) is 0 Å². The molecule has 3 nitrogen and oxygen atoms in total. The van der Waals surface area contributed by atoms with Crippen molar-refractivity contribution in [3.63, 3.8) is 0 Å². The van der Waals surface area contributed by atoms with Crippen LogP contribution in [0.3, 0.4) is 0 Å². The molecule has 1 aromatic carbocycles. The Morgan fingerprint density at radius 1 is 1.40 bits per heavy atom. The summed E-state index contributed by atoms with van der Waals surface area (Å²) in [5.74, 6) is 0.0676. The summed E-state index contributed by atoms with van der Waals surface area (Å²) < 4.78 is 0. The Labute approximate surface area is 89.6 Å². The van der Waals surface area contributed by atoms with E-state index in [1.807, 2.05) is 37.4 Å². The fraction of sp³-hybridized carbons (Fsp3) is 0.417. The molecule has 0 aliphatic carbocycles. The third-order valence-electron chi connectivity index (χ3n) is 2.90. The number of Topliss-reactive ketones (excluding diaryl/α,β-unsaturated/α-hetero) is 1. The molecule has 1 aromatic rings. The Balaban J connectivity index is 2.41. The smallest absolute Gasteiger partial charge is 0.174 e. The highest BCUT2D eigenvalue weighted by Crippen LogP contribution is 2.36. The average molecular weight is 205 g/mol. The van der Waals surface area contributed by atoms with Gasteiger partial charge in [-0.15, -0.1) is 0 Å². The minimum Gasteiger partial charge on any atom is -0.296 e. The quantitative estimate of drug-likeness (QED) is 0.736. The lowest BCUT2D eigenvalue weighted by atomic mass is 9.88. The zero-order valence-corrected chi connectivity index (χ0v) is 9.06. The van der Waals surface area contributed by atoms with Crippen LogP contribution in [0.1, 0.15) is 18.9 Å². The lowest BCUT2D eigenvalue weighted by Crippen LogP contribution is -2.34. The first-order chi connectivity index (χ1) is 7.15. The number of rotatable bonds is 2. The lowest BCUT2D eigenvalue weighted by Gasteiger charge is -2.25. The van der Waals surface area contributed by atoms with Gasteiger partial charge >= 0.3 is 0 Å². The van der Waals surface area contributed by atoms with Crippen LogP contribution in [0.5, 0.6) is 0 Å². The monoisotopic (exact) mass is 205 g/mol. The summed E-state index contributed by atoms with van der Waals surface area (Å²) in [5.41, 5.74) is 0.192. The molecule has 1 atom stereocenters. The topological polar surface area (TPSA) is 29.5 Å². The average Bonchev–Trinajstić information content (AvgIpc) is 2.63. The van der Waals surface area contributed by atoms with E-state index in [4.69, 9.17) is 4.84 Å². The number of carbonyl (C=O) groups excluding carboxylic acids is 1. The third-order valence-corrected chi connectivity index (χ3v) is 2.90. The van der Waals surface area contributed by atoms with E-state index >= 15 is 0 Å². The second-order valence-corrected chi connectivity index (χ2v) is 3.94. The Morgan fingerprint density at radius 2 is 2.07 bits per heavy atom. The maximum absolute atomic E-state index is 11.8. The molecule has 3 heteroatoms. The largest absolute Gasteiger partial charge is 0.296 e. The van der Waals surface area contributed by atoms with Crippen molar-refractivity contribution >= 4 is 5.78 Å². The zero-order valence-electron chi connectivity index (χ0n) is 9.06. The van der Waals surface area contributed by atoms with Crippen molar-refractivity contribution in [3.05, 3.63) is 35.9 Å². The van der Waals surface area contributed by atoms with E-state index in [0.717, 1.165) is 18.5 Å². The standard InChI is InChI=1S/C12H15NO2/c1-10(14)12(8-9-13(2)15-12)11-6-4-3-5-7-11/h3-7H,8-9H2,1-2H3. The number of carbonyl (C=O) groups is 1. The second kappa shape index (κ2) is 3.76. The molecule has 0 amide bonds. The Kier molecular flexibility index (Phi) is 2.59. The molecule has 0 spiro atoms. The molecular formula is C12H15NO2. The number of hydroxylamine groups is 2. The van der Waals surface area contributed by atoms with Gasteiger partial charge in [0, 0.05) is 20.0 Å². The number of hydrogen-bond acceptors (Lipinski definition) is 3. The van der Waals surface area contributed by atoms with Gasteiger partial charge in [0.2, 0.25) is 0 Å². The van der Waals surface area contributed by atoms with E-state index in [2.05, 4.69) is 0 Å². The Bertz CT molecular complexity index is 363. The molecule has 1 aliphatic heterocycles. The first kappa shape index (κ1) is 10.3. The highest BCUT2D eigenvalue weighted by molar-refractivity contribution is 5.86. The van der Waals surface area contributed by atoms with E-state index in [1.165, 1.54) is 0 Å². The molecule has 1 heterocycles. The molecule has 0 radical (unpaired) electrons. The molecule has 0 N–H and O–H groups in total. The fourth-order valence-corrected chi connectivity index (χ4v) is 2.02. The maximum Gasteiger partial charge on any atom is 0.174 e. The summed E-state index contributed by atoms with van der Waals surface area (Å²) in [5, 5.41) is 1.73. The van der Waals surface area contributed by atoms with Gasteiger partial charge < -0.3 is 0 Å². The fourth-order valence-electron chi connectivity index (χ4n) is 2.02. The minimum atomic E-state index is -0.754. The van der Waals surface area contributed by atoms with Gasteiger partial charge in [-0.3, -0.25) is 9.63 Å². The van der Waals surface area contributed by atoms with E-state index in [1.54, 1.807) is 12.0 Å². The molecule has 0 bridgehead atoms. The van der Waals surface area contributed by atoms with E-state index in [9.17, 15) is 4.79 Å². The van der Waals surface area contributed by atoms with Crippen molar-refractivity contribution in [1.29, 1.82) is 0 Å². The van der Waals surface area contributed by atoms with Crippen LogP contribution in [0, 0.1) is 0 Å². The minimum absolute atomic E-state index is 0.0676. The maximum atomic E-state index is 11.8. The Morgan fingerprint density at radius 3 is 2.53 bits per heavy atom. The molecule has 0 saturated carbocycles. The van der Waals surface area contributed by atoms with Gasteiger partial charge in [0.15, 0.2) is 11.4 Å². The van der Waals surface area contributed by atoms with Crippen molar-refractivity contribution in [2.45, 2.75) is 18.9 Å². The molecule has 2 rings (SSSR count). The summed E-state index contributed by atoms with van der Waals surface area (Å²) >= 11 is 0. The summed E-state index contributed by atoms with van der Waals surface area (Å²) in [6.45, 7) is 2.38. The lowest BCUT2D eigenvalue weighted by molar-refractivity contribution is -0.189. The molecule has 0 aromatic heterocycles. The summed E-state index contributed by atoms with van der Waals surface area (Å²) in [4.78, 5) is 17.4. The van der Waals surface area contributed by atoms with Gasteiger partial charge in [-0.2, -0.15) is 5.06 Å². The Hall–Kier alpha value is -1.19. The molecule has 1 unspecified atom stereocenters. The van der Waals surface area contributed by atoms with Crippen molar-refractivity contribution in [2.24, 2.45) is 0 Å². The van der Waals surface area contributed by atoms with Crippen LogP contribution in [0.25, 0.3) is 0 Å². The molecular weight excluding hydrogens is 190 g/mol. The van der Waals surface area contributed by atoms with E-state index in [0.29, 0.717) is 0 Å². The van der Waals surface area contributed by atoms with Crippen LogP contribution in [0.2, 0.25) is 0 Å². The van der Waals surface area contributed by atoms with Gasteiger partial charge in [-0.05, 0) is 12.5 Å². The highest BCUT2D eigenvalue weighted by atomic mass is 16.7. The number of nitrogens with zero attached hydrogens (tertiary/aromatic N) is 1. The van der Waals surface area contributed by atoms with Gasteiger partial charge in [-0.1, -0.05) is 30.3 Å². The number of ketones is 1. The second-order valence-electron chi connectivity index (χ2n) is 3.94. The normalized spacial score (nSPS) is 26.8. The van der Waals surface area contributed by atoms with Crippen molar-refractivity contribution in [3.8, 4) is 0 Å². The predicted molar refractivity (Wildman–Crippen MR) is 57.1 cm³/mol. The van der Waals surface area contributed by atoms with Crippen molar-refractivity contribution in [2.75, 3.05) is 13.6 Å². The van der Waals surface area contributed by atoms with Gasteiger partial charge in [0.25, 0.3) is 0 Å². The van der Waals surface area contributed by atoms with Gasteiger partial charge in [-0.25, -0.2) is 0 Å². The molecule has 15 heavy (non-hydrogen) atoms. The van der Waals surface area contributed by atoms with Crippen LogP contribution in [0.4, 0.5) is 0 Å². The highest BCUT2D eigenvalue weighted by Gasteiger charge is 2.44. The summed E-state index contributed by atoms with van der Waals surface area (Å²) in [7, 11) is 1.85. The molecule has 1 saturated heterocycles. The van der Waals surface area contributed by atoms with E-state index in [-0.39, 0.29) is 5.78 Å². The zero-order chi connectivity index (χ0) is 10.9. The van der Waals surface area contributed by atoms with Crippen LogP contribution in [-0.4, -0.2) is 24.4 Å². The first-order valence-electron chi connectivity index (χ1n) is 5.12. The predicted octanol–water partition coefficient (Wildman–Crippen LogP) is 1.74. The summed E-state index contributed by atoms with van der Waals surface area (Å²) in [6, 6.07) is 9.69. The van der Waals surface area contributed by atoms with Crippen LogP contribution >= 0.6 is 0 Å². The third kappa shape index (κ3) is 1.68. The first-order valence-corrected chi connectivity index (χ1v) is 5.12. The van der Waals surface area contributed by atoms with Crippen molar-refractivity contribution < 1.29 is 9.63 Å². The number of hydrogen-bond donors (Lipinski definition) is 0. The van der Waals surface area contributed by atoms with Crippen LogP contribution in [-0.2, 0) is 15.2 Å². The number of benzene rings is 1. The molecule has 80 valence electrons. The SMILES string of the molecule is CC(=O)C1(c2ccccc2)CCN(C)O1. The molecule has 1 fully saturated rings. The van der Waals surface area contributed by atoms with E-state index < -0.39 is 5.60 Å². The van der Waals surface area contributed by atoms with Crippen molar-refractivity contribution in [1.82, 2.24) is 5.06 Å². The summed E-state index contributed by atoms with van der Waals surface area (Å²) in [6.07, 6.45) is 0.725. The molecule has 1 aliphatic rings. The van der Waals surface area contributed by atoms with Crippen LogP contribution in [0.15, 0.2) is 30.3 Å².